The number of aromatic nitrogens is 1. The van der Waals surface area contributed by atoms with Gasteiger partial charge in [-0.1, -0.05) is 36.4 Å². The monoisotopic (exact) mass is 350 g/mol. The molecule has 5 heteroatoms. The predicted octanol–water partition coefficient (Wildman–Crippen LogP) is 4.09. The van der Waals surface area contributed by atoms with E-state index in [9.17, 15) is 4.79 Å². The lowest BCUT2D eigenvalue weighted by atomic mass is 9.89. The van der Waals surface area contributed by atoms with Crippen LogP contribution in [0.5, 0.6) is 5.75 Å². The molecule has 1 aliphatic heterocycles. The van der Waals surface area contributed by atoms with Gasteiger partial charge in [-0.25, -0.2) is 4.98 Å². The van der Waals surface area contributed by atoms with E-state index in [1.807, 2.05) is 40.6 Å². The van der Waals surface area contributed by atoms with Crippen molar-refractivity contribution in [3.8, 4) is 5.75 Å². The molecule has 0 fully saturated rings. The Bertz CT molecular complexity index is 878. The highest BCUT2D eigenvalue weighted by atomic mass is 32.1. The van der Waals surface area contributed by atoms with Crippen molar-refractivity contribution in [3.63, 3.8) is 0 Å². The first-order valence-corrected chi connectivity index (χ1v) is 9.10. The van der Waals surface area contributed by atoms with Gasteiger partial charge >= 0.3 is 0 Å². The van der Waals surface area contributed by atoms with Crippen molar-refractivity contribution in [2.24, 2.45) is 0 Å². The molecule has 126 valence electrons. The molecule has 2 heterocycles. The van der Waals surface area contributed by atoms with Gasteiger partial charge in [0, 0.05) is 11.9 Å². The number of amides is 1. The van der Waals surface area contributed by atoms with Gasteiger partial charge in [-0.15, -0.1) is 11.3 Å². The van der Waals surface area contributed by atoms with Gasteiger partial charge in [-0.3, -0.25) is 4.79 Å². The fourth-order valence-electron chi connectivity index (χ4n) is 3.34. The molecule has 4 rings (SSSR count). The van der Waals surface area contributed by atoms with Crippen LogP contribution in [0.15, 0.2) is 59.4 Å². The van der Waals surface area contributed by atoms with Crippen LogP contribution in [0.1, 0.15) is 33.2 Å². The minimum Gasteiger partial charge on any atom is -0.497 e. The van der Waals surface area contributed by atoms with E-state index in [-0.39, 0.29) is 11.9 Å². The fraction of sp³-hybridized carbons (Fsp3) is 0.200. The summed E-state index contributed by atoms with van der Waals surface area (Å²) in [5.74, 6) is 0.793. The number of ether oxygens (including phenoxy) is 1. The van der Waals surface area contributed by atoms with Crippen molar-refractivity contribution < 1.29 is 9.53 Å². The van der Waals surface area contributed by atoms with Crippen molar-refractivity contribution in [2.45, 2.75) is 19.0 Å². The summed E-state index contributed by atoms with van der Waals surface area (Å²) in [4.78, 5) is 19.2. The zero-order valence-corrected chi connectivity index (χ0v) is 14.7. The third-order valence-corrected chi connectivity index (χ3v) is 5.23. The molecular weight excluding hydrogens is 332 g/mol. The Morgan fingerprint density at radius 3 is 2.76 bits per heavy atom. The van der Waals surface area contributed by atoms with Gasteiger partial charge < -0.3 is 9.64 Å². The van der Waals surface area contributed by atoms with E-state index in [0.29, 0.717) is 12.2 Å². The molecular formula is C20H18N2O2S. The van der Waals surface area contributed by atoms with Gasteiger partial charge in [0.25, 0.3) is 5.91 Å². The van der Waals surface area contributed by atoms with Gasteiger partial charge in [0.1, 0.15) is 11.4 Å². The molecule has 0 radical (unpaired) electrons. The number of rotatable bonds is 3. The SMILES string of the molecule is COc1ccc2c(c1)CN(C(=O)c1cscn1)C(c1ccccc1)C2. The quantitative estimate of drug-likeness (QED) is 0.714. The molecule has 1 atom stereocenters. The normalized spacial score (nSPS) is 16.4. The van der Waals surface area contributed by atoms with E-state index in [1.165, 1.54) is 16.9 Å². The Morgan fingerprint density at radius 1 is 1.20 bits per heavy atom. The summed E-state index contributed by atoms with van der Waals surface area (Å²) < 4.78 is 5.35. The Balaban J connectivity index is 1.75. The summed E-state index contributed by atoms with van der Waals surface area (Å²) in [7, 11) is 1.66. The number of nitrogens with zero attached hydrogens (tertiary/aromatic N) is 2. The first-order chi connectivity index (χ1) is 12.3. The summed E-state index contributed by atoms with van der Waals surface area (Å²) in [6.07, 6.45) is 0.791. The van der Waals surface area contributed by atoms with Crippen LogP contribution in [0.2, 0.25) is 0 Å². The second-order valence-corrected chi connectivity index (χ2v) is 6.79. The van der Waals surface area contributed by atoms with E-state index in [0.717, 1.165) is 23.3 Å². The van der Waals surface area contributed by atoms with E-state index in [2.05, 4.69) is 23.2 Å². The van der Waals surface area contributed by atoms with Crippen molar-refractivity contribution >= 4 is 17.2 Å². The minimum absolute atomic E-state index is 0.0105. The molecule has 0 saturated carbocycles. The van der Waals surface area contributed by atoms with Crippen LogP contribution in [0.25, 0.3) is 0 Å². The highest BCUT2D eigenvalue weighted by molar-refractivity contribution is 7.07. The van der Waals surface area contributed by atoms with Crippen molar-refractivity contribution in [3.05, 3.63) is 81.8 Å². The standard InChI is InChI=1S/C20H18N2O2S/c1-24-17-8-7-15-10-19(14-5-3-2-4-6-14)22(11-16(15)9-17)20(23)18-12-25-13-21-18/h2-9,12-13,19H,10-11H2,1H3. The van der Waals surface area contributed by atoms with Crippen molar-refractivity contribution in [2.75, 3.05) is 7.11 Å². The number of hydrogen-bond acceptors (Lipinski definition) is 4. The lowest BCUT2D eigenvalue weighted by Gasteiger charge is -2.37. The summed E-state index contributed by atoms with van der Waals surface area (Å²) in [5, 5.41) is 1.81. The molecule has 0 N–H and O–H groups in total. The van der Waals surface area contributed by atoms with Gasteiger partial charge in [-0.2, -0.15) is 0 Å². The molecule has 0 bridgehead atoms. The van der Waals surface area contributed by atoms with Gasteiger partial charge in [-0.05, 0) is 35.2 Å². The number of fused-ring (bicyclic) bond motifs is 1. The number of carbonyl (C=O) groups excluding carboxylic acids is 1. The Kier molecular flexibility index (Phi) is 4.24. The van der Waals surface area contributed by atoms with Crippen LogP contribution in [-0.4, -0.2) is 22.9 Å². The molecule has 4 nitrogen and oxygen atoms in total. The predicted molar refractivity (Wildman–Crippen MR) is 97.9 cm³/mol. The molecule has 25 heavy (non-hydrogen) atoms. The molecule has 0 aliphatic carbocycles. The maximum absolute atomic E-state index is 13.0. The molecule has 1 aromatic heterocycles. The molecule has 1 aliphatic rings. The highest BCUT2D eigenvalue weighted by Crippen LogP contribution is 2.35. The Hall–Kier alpha value is -2.66. The lowest BCUT2D eigenvalue weighted by Crippen LogP contribution is -2.39. The second-order valence-electron chi connectivity index (χ2n) is 6.07. The summed E-state index contributed by atoms with van der Waals surface area (Å²) in [6, 6.07) is 16.3. The maximum Gasteiger partial charge on any atom is 0.274 e. The van der Waals surface area contributed by atoms with Crippen LogP contribution in [0.4, 0.5) is 0 Å². The first-order valence-electron chi connectivity index (χ1n) is 8.16. The largest absolute Gasteiger partial charge is 0.497 e. The van der Waals surface area contributed by atoms with E-state index in [1.54, 1.807) is 12.6 Å². The highest BCUT2D eigenvalue weighted by Gasteiger charge is 2.32. The lowest BCUT2D eigenvalue weighted by molar-refractivity contribution is 0.0632. The average molecular weight is 350 g/mol. The summed E-state index contributed by atoms with van der Waals surface area (Å²) in [5.41, 5.74) is 5.75. The maximum atomic E-state index is 13.0. The third kappa shape index (κ3) is 3.03. The van der Waals surface area contributed by atoms with Crippen LogP contribution in [-0.2, 0) is 13.0 Å². The Labute approximate surface area is 150 Å². The molecule has 0 spiro atoms. The number of thiazole rings is 1. The molecule has 1 amide bonds. The average Bonchev–Trinajstić information content (AvgIpc) is 3.21. The number of hydrogen-bond donors (Lipinski definition) is 0. The van der Waals surface area contributed by atoms with Crippen LogP contribution in [0.3, 0.4) is 0 Å². The summed E-state index contributed by atoms with van der Waals surface area (Å²) >= 11 is 1.44. The first kappa shape index (κ1) is 15.8. The van der Waals surface area contributed by atoms with Crippen molar-refractivity contribution in [1.82, 2.24) is 9.88 Å². The van der Waals surface area contributed by atoms with Crippen LogP contribution < -0.4 is 4.74 Å². The van der Waals surface area contributed by atoms with E-state index < -0.39 is 0 Å². The molecule has 3 aromatic rings. The molecule has 0 saturated heterocycles. The zero-order chi connectivity index (χ0) is 17.2. The van der Waals surface area contributed by atoms with Crippen molar-refractivity contribution in [1.29, 1.82) is 0 Å². The van der Waals surface area contributed by atoms with Crippen LogP contribution in [0, 0.1) is 0 Å². The van der Waals surface area contributed by atoms with E-state index in [4.69, 9.17) is 4.74 Å². The number of methoxy groups -OCH3 is 1. The van der Waals surface area contributed by atoms with Crippen LogP contribution >= 0.6 is 11.3 Å². The summed E-state index contributed by atoms with van der Waals surface area (Å²) in [6.45, 7) is 0.558. The van der Waals surface area contributed by atoms with Gasteiger partial charge in [0.2, 0.25) is 0 Å². The van der Waals surface area contributed by atoms with E-state index >= 15 is 0 Å². The molecule has 2 aromatic carbocycles. The number of benzene rings is 2. The second kappa shape index (κ2) is 6.69. The fourth-order valence-corrected chi connectivity index (χ4v) is 3.87. The number of carbonyl (C=O) groups is 1. The smallest absolute Gasteiger partial charge is 0.274 e. The zero-order valence-electron chi connectivity index (χ0n) is 13.9. The third-order valence-electron chi connectivity index (χ3n) is 4.64. The molecule has 1 unspecified atom stereocenters. The van der Waals surface area contributed by atoms with Gasteiger partial charge in [0.15, 0.2) is 0 Å². The van der Waals surface area contributed by atoms with Gasteiger partial charge in [0.05, 0.1) is 18.7 Å². The minimum atomic E-state index is -0.0245. The topological polar surface area (TPSA) is 42.4 Å². The Morgan fingerprint density at radius 2 is 2.04 bits per heavy atom.